The van der Waals surface area contributed by atoms with Crippen molar-refractivity contribution in [1.82, 2.24) is 0 Å². The lowest BCUT2D eigenvalue weighted by molar-refractivity contribution is -0.138. The Bertz CT molecular complexity index is 250. The first-order chi connectivity index (χ1) is 8.22. The van der Waals surface area contributed by atoms with E-state index in [1.54, 1.807) is 0 Å². The van der Waals surface area contributed by atoms with Crippen molar-refractivity contribution in [3.8, 4) is 0 Å². The van der Waals surface area contributed by atoms with Gasteiger partial charge in [-0.05, 0) is 43.9 Å². The van der Waals surface area contributed by atoms with Crippen LogP contribution in [0.2, 0.25) is 0 Å². The number of hydrogen-bond donors (Lipinski definition) is 1. The molecule has 0 spiro atoms. The fourth-order valence-corrected chi connectivity index (χ4v) is 2.95. The minimum atomic E-state index is -4.10. The fraction of sp³-hybridized carbons (Fsp3) is 1.00. The molecule has 1 N–H and O–H groups in total. The molecule has 18 heavy (non-hydrogen) atoms. The third-order valence-corrected chi connectivity index (χ3v) is 4.24. The van der Waals surface area contributed by atoms with Crippen LogP contribution in [-0.2, 0) is 0 Å². The van der Waals surface area contributed by atoms with Gasteiger partial charge in [-0.15, -0.1) is 0 Å². The van der Waals surface area contributed by atoms with Gasteiger partial charge >= 0.3 is 6.18 Å². The second kappa shape index (κ2) is 6.27. The fourth-order valence-electron chi connectivity index (χ4n) is 2.95. The lowest BCUT2D eigenvalue weighted by Gasteiger charge is -2.27. The zero-order valence-electron chi connectivity index (χ0n) is 11.4. The third-order valence-electron chi connectivity index (χ3n) is 4.24. The summed E-state index contributed by atoms with van der Waals surface area (Å²) in [6.07, 6.45) is -0.235. The van der Waals surface area contributed by atoms with Gasteiger partial charge < -0.3 is 5.11 Å². The molecular weight excluding hydrogens is 241 g/mol. The Labute approximate surface area is 108 Å². The number of halogens is 3. The maximum atomic E-state index is 12.1. The monoisotopic (exact) mass is 266 g/mol. The molecule has 0 radical (unpaired) electrons. The third kappa shape index (κ3) is 5.59. The van der Waals surface area contributed by atoms with E-state index in [2.05, 4.69) is 13.8 Å². The molecule has 1 saturated carbocycles. The van der Waals surface area contributed by atoms with Gasteiger partial charge in [0, 0.05) is 6.42 Å². The van der Waals surface area contributed by atoms with Gasteiger partial charge in [0.2, 0.25) is 0 Å². The van der Waals surface area contributed by atoms with Gasteiger partial charge in [-0.25, -0.2) is 0 Å². The van der Waals surface area contributed by atoms with E-state index >= 15 is 0 Å². The summed E-state index contributed by atoms with van der Waals surface area (Å²) in [6.45, 7) is 4.36. The topological polar surface area (TPSA) is 20.2 Å². The Morgan fingerprint density at radius 2 is 1.89 bits per heavy atom. The first kappa shape index (κ1) is 15.8. The minimum Gasteiger partial charge on any atom is -0.390 e. The van der Waals surface area contributed by atoms with Crippen molar-refractivity contribution in [3.05, 3.63) is 0 Å². The van der Waals surface area contributed by atoms with Crippen LogP contribution in [0.3, 0.4) is 0 Å². The van der Waals surface area contributed by atoms with Crippen LogP contribution < -0.4 is 0 Å². The van der Waals surface area contributed by atoms with Gasteiger partial charge in [-0.2, -0.15) is 13.2 Å². The summed E-state index contributed by atoms with van der Waals surface area (Å²) in [5.41, 5.74) is -0.852. The van der Waals surface area contributed by atoms with E-state index < -0.39 is 18.2 Å². The minimum absolute atomic E-state index is 0.0480. The van der Waals surface area contributed by atoms with Crippen molar-refractivity contribution >= 4 is 0 Å². The molecule has 0 heterocycles. The summed E-state index contributed by atoms with van der Waals surface area (Å²) < 4.78 is 36.3. The highest BCUT2D eigenvalue weighted by Gasteiger charge is 2.33. The van der Waals surface area contributed by atoms with Crippen LogP contribution in [0.25, 0.3) is 0 Å². The zero-order chi connectivity index (χ0) is 13.8. The standard InChI is InChI=1S/C14H25F3O/c1-11(2)12-5-3-7-13(18,10-6-12)8-4-9-14(15,16)17/h11-12,18H,3-10H2,1-2H3. The molecule has 1 fully saturated rings. The van der Waals surface area contributed by atoms with Gasteiger partial charge in [0.05, 0.1) is 5.60 Å². The molecule has 0 aromatic heterocycles. The zero-order valence-corrected chi connectivity index (χ0v) is 11.4. The highest BCUT2D eigenvalue weighted by Crippen LogP contribution is 2.37. The number of rotatable bonds is 4. The maximum Gasteiger partial charge on any atom is 0.389 e. The highest BCUT2D eigenvalue weighted by atomic mass is 19.4. The van der Waals surface area contributed by atoms with Gasteiger partial charge in [-0.3, -0.25) is 0 Å². The SMILES string of the molecule is CC(C)C1CCCC(O)(CCCC(F)(F)F)CC1. The molecule has 1 rings (SSSR count). The average molecular weight is 266 g/mol. The van der Waals surface area contributed by atoms with E-state index in [4.69, 9.17) is 0 Å². The molecule has 2 unspecified atom stereocenters. The maximum absolute atomic E-state index is 12.1. The van der Waals surface area contributed by atoms with Crippen LogP contribution in [0.1, 0.15) is 65.2 Å². The molecule has 1 aliphatic rings. The van der Waals surface area contributed by atoms with E-state index in [-0.39, 0.29) is 12.8 Å². The number of alkyl halides is 3. The Hall–Kier alpha value is -0.250. The molecule has 4 heteroatoms. The van der Waals surface area contributed by atoms with Crippen molar-refractivity contribution in [2.45, 2.75) is 77.0 Å². The summed E-state index contributed by atoms with van der Waals surface area (Å²) in [5, 5.41) is 10.4. The molecule has 1 nitrogen and oxygen atoms in total. The first-order valence-electron chi connectivity index (χ1n) is 7.01. The van der Waals surface area contributed by atoms with Crippen LogP contribution in [0.5, 0.6) is 0 Å². The van der Waals surface area contributed by atoms with Crippen LogP contribution in [-0.4, -0.2) is 16.9 Å². The van der Waals surface area contributed by atoms with Crippen molar-refractivity contribution in [2.24, 2.45) is 11.8 Å². The number of aliphatic hydroxyl groups is 1. The summed E-state index contributed by atoms with van der Waals surface area (Å²) in [7, 11) is 0. The Morgan fingerprint density at radius 3 is 2.44 bits per heavy atom. The van der Waals surface area contributed by atoms with Gasteiger partial charge in [0.1, 0.15) is 0 Å². The molecule has 108 valence electrons. The van der Waals surface area contributed by atoms with Gasteiger partial charge in [0.25, 0.3) is 0 Å². The van der Waals surface area contributed by atoms with Gasteiger partial charge in [-0.1, -0.05) is 26.7 Å². The summed E-state index contributed by atoms with van der Waals surface area (Å²) in [6, 6.07) is 0. The first-order valence-corrected chi connectivity index (χ1v) is 7.01. The molecule has 1 aliphatic carbocycles. The van der Waals surface area contributed by atoms with E-state index in [1.807, 2.05) is 0 Å². The van der Waals surface area contributed by atoms with Crippen LogP contribution in [0.15, 0.2) is 0 Å². The van der Waals surface area contributed by atoms with Crippen LogP contribution in [0, 0.1) is 11.8 Å². The molecule has 0 aromatic carbocycles. The van der Waals surface area contributed by atoms with E-state index in [0.717, 1.165) is 19.3 Å². The normalized spacial score (nSPS) is 30.5. The molecule has 0 saturated heterocycles. The molecule has 0 amide bonds. The lowest BCUT2D eigenvalue weighted by atomic mass is 9.86. The quantitative estimate of drug-likeness (QED) is 0.732. The molecule has 0 bridgehead atoms. The van der Waals surface area contributed by atoms with Crippen molar-refractivity contribution in [1.29, 1.82) is 0 Å². The van der Waals surface area contributed by atoms with Crippen molar-refractivity contribution in [3.63, 3.8) is 0 Å². The van der Waals surface area contributed by atoms with Crippen molar-refractivity contribution < 1.29 is 18.3 Å². The van der Waals surface area contributed by atoms with E-state index in [9.17, 15) is 18.3 Å². The Morgan fingerprint density at radius 1 is 1.22 bits per heavy atom. The number of hydrogen-bond acceptors (Lipinski definition) is 1. The average Bonchev–Trinajstić information content (AvgIpc) is 2.38. The lowest BCUT2D eigenvalue weighted by Crippen LogP contribution is -2.28. The second-order valence-corrected chi connectivity index (χ2v) is 6.13. The second-order valence-electron chi connectivity index (χ2n) is 6.13. The molecule has 0 aromatic rings. The van der Waals surface area contributed by atoms with E-state index in [1.165, 1.54) is 0 Å². The largest absolute Gasteiger partial charge is 0.390 e. The predicted molar refractivity (Wildman–Crippen MR) is 66.3 cm³/mol. The summed E-state index contributed by atoms with van der Waals surface area (Å²) in [5.74, 6) is 1.21. The van der Waals surface area contributed by atoms with Crippen LogP contribution >= 0.6 is 0 Å². The Balaban J connectivity index is 2.39. The molecular formula is C14H25F3O. The summed E-state index contributed by atoms with van der Waals surface area (Å²) >= 11 is 0. The van der Waals surface area contributed by atoms with Gasteiger partial charge in [0.15, 0.2) is 0 Å². The molecule has 2 atom stereocenters. The predicted octanol–water partition coefficient (Wildman–Crippen LogP) is 4.69. The van der Waals surface area contributed by atoms with Crippen LogP contribution in [0.4, 0.5) is 13.2 Å². The Kier molecular flexibility index (Phi) is 5.50. The highest BCUT2D eigenvalue weighted by molar-refractivity contribution is 4.84. The molecule has 0 aliphatic heterocycles. The van der Waals surface area contributed by atoms with Crippen molar-refractivity contribution in [2.75, 3.05) is 0 Å². The smallest absolute Gasteiger partial charge is 0.389 e. The summed E-state index contributed by atoms with van der Waals surface area (Å²) in [4.78, 5) is 0. The van der Waals surface area contributed by atoms with E-state index in [0.29, 0.717) is 24.7 Å².